The van der Waals surface area contributed by atoms with Crippen molar-refractivity contribution in [2.24, 2.45) is 5.41 Å². The molecule has 1 saturated carbocycles. The van der Waals surface area contributed by atoms with E-state index < -0.39 is 29.4 Å². The fraction of sp³-hybridized carbons (Fsp3) is 0.636. The predicted octanol–water partition coefficient (Wildman–Crippen LogP) is 2.80. The molecule has 1 aromatic rings. The molecule has 1 amide bonds. The van der Waals surface area contributed by atoms with Crippen molar-refractivity contribution in [2.45, 2.75) is 70.6 Å². The molecular formula is C22H31NO6. The summed E-state index contributed by atoms with van der Waals surface area (Å²) in [7, 11) is 1.60. The lowest BCUT2D eigenvalue weighted by atomic mass is 9.69. The average Bonchev–Trinajstić information content (AvgIpc) is 3.29. The van der Waals surface area contributed by atoms with Gasteiger partial charge >= 0.3 is 11.9 Å². The van der Waals surface area contributed by atoms with E-state index in [4.69, 9.17) is 9.47 Å². The first-order valence-corrected chi connectivity index (χ1v) is 10.3. The summed E-state index contributed by atoms with van der Waals surface area (Å²) in [5.74, 6) is -1.37. The molecule has 0 radical (unpaired) electrons. The van der Waals surface area contributed by atoms with Crippen molar-refractivity contribution < 1.29 is 29.3 Å². The number of aliphatic hydroxyl groups excluding tert-OH is 1. The molecule has 0 spiro atoms. The summed E-state index contributed by atoms with van der Waals surface area (Å²) in [6, 6.07) is 5.24. The molecule has 1 saturated heterocycles. The van der Waals surface area contributed by atoms with Crippen LogP contribution in [0, 0.1) is 5.41 Å². The second-order valence-electron chi connectivity index (χ2n) is 8.47. The molecule has 2 N–H and O–H groups in total. The topological polar surface area (TPSA) is 96.3 Å². The molecule has 29 heavy (non-hydrogen) atoms. The van der Waals surface area contributed by atoms with Gasteiger partial charge in [0.2, 0.25) is 0 Å². The van der Waals surface area contributed by atoms with Gasteiger partial charge in [-0.1, -0.05) is 13.0 Å². The van der Waals surface area contributed by atoms with E-state index in [-0.39, 0.29) is 18.6 Å². The molecule has 2 fully saturated rings. The van der Waals surface area contributed by atoms with E-state index in [9.17, 15) is 19.8 Å². The molecule has 2 aliphatic rings. The van der Waals surface area contributed by atoms with Crippen LogP contribution in [0.3, 0.4) is 0 Å². The number of aliphatic hydroxyl groups is 1. The largest absolute Gasteiger partial charge is 0.493 e. The van der Waals surface area contributed by atoms with E-state index in [1.807, 2.05) is 25.1 Å². The number of methoxy groups -OCH3 is 1. The van der Waals surface area contributed by atoms with Gasteiger partial charge in [-0.3, -0.25) is 4.79 Å². The molecule has 0 bridgehead atoms. The molecule has 1 aliphatic carbocycles. The smallest absolute Gasteiger partial charge is 0.394 e. The van der Waals surface area contributed by atoms with Gasteiger partial charge in [-0.05, 0) is 57.2 Å². The third-order valence-corrected chi connectivity index (χ3v) is 7.03. The fourth-order valence-electron chi connectivity index (χ4n) is 4.85. The van der Waals surface area contributed by atoms with Gasteiger partial charge in [-0.25, -0.2) is 4.79 Å². The van der Waals surface area contributed by atoms with Gasteiger partial charge in [0.05, 0.1) is 19.3 Å². The zero-order valence-corrected chi connectivity index (χ0v) is 17.6. The summed E-state index contributed by atoms with van der Waals surface area (Å²) in [5.41, 5.74) is 0.194. The van der Waals surface area contributed by atoms with Gasteiger partial charge in [-0.15, -0.1) is 0 Å². The third kappa shape index (κ3) is 3.80. The summed E-state index contributed by atoms with van der Waals surface area (Å²) in [6.07, 6.45) is 3.75. The Labute approximate surface area is 171 Å². The highest BCUT2D eigenvalue weighted by atomic mass is 16.5. The number of aliphatic carboxylic acids is 1. The van der Waals surface area contributed by atoms with Crippen LogP contribution in [0.5, 0.6) is 11.5 Å². The zero-order valence-electron chi connectivity index (χ0n) is 17.6. The van der Waals surface area contributed by atoms with Crippen molar-refractivity contribution in [3.63, 3.8) is 0 Å². The Balaban J connectivity index is 1.98. The second kappa shape index (κ2) is 8.22. The van der Waals surface area contributed by atoms with Gasteiger partial charge < -0.3 is 24.6 Å². The van der Waals surface area contributed by atoms with Crippen LogP contribution in [-0.2, 0) is 9.59 Å². The first kappa shape index (κ1) is 21.4. The number of carbonyl (C=O) groups excluding carboxylic acids is 1. The van der Waals surface area contributed by atoms with Gasteiger partial charge in [0.15, 0.2) is 11.5 Å². The third-order valence-electron chi connectivity index (χ3n) is 7.03. The number of hydrogen-bond donors (Lipinski definition) is 2. The molecule has 7 nitrogen and oxygen atoms in total. The molecule has 160 valence electrons. The van der Waals surface area contributed by atoms with Gasteiger partial charge in [-0.2, -0.15) is 0 Å². The summed E-state index contributed by atoms with van der Waals surface area (Å²) < 4.78 is 11.7. The monoisotopic (exact) mass is 405 g/mol. The van der Waals surface area contributed by atoms with Crippen molar-refractivity contribution in [3.8, 4) is 11.5 Å². The molecule has 1 aromatic carbocycles. The Morgan fingerprint density at radius 2 is 1.90 bits per heavy atom. The first-order chi connectivity index (χ1) is 13.7. The van der Waals surface area contributed by atoms with Gasteiger partial charge in [0.25, 0.3) is 0 Å². The number of carboxylic acid groups (broad SMARTS) is 1. The van der Waals surface area contributed by atoms with E-state index in [0.29, 0.717) is 11.5 Å². The minimum absolute atomic E-state index is 0.162. The number of carboxylic acids is 1. The van der Waals surface area contributed by atoms with Gasteiger partial charge in [0, 0.05) is 23.9 Å². The van der Waals surface area contributed by atoms with Crippen LogP contribution in [-0.4, -0.2) is 58.9 Å². The van der Waals surface area contributed by atoms with E-state index in [0.717, 1.165) is 31.2 Å². The minimum Gasteiger partial charge on any atom is -0.493 e. The van der Waals surface area contributed by atoms with Crippen LogP contribution < -0.4 is 9.47 Å². The maximum absolute atomic E-state index is 12.2. The normalized spacial score (nSPS) is 28.4. The van der Waals surface area contributed by atoms with Crippen LogP contribution in [0.15, 0.2) is 18.2 Å². The fourth-order valence-corrected chi connectivity index (χ4v) is 4.85. The van der Waals surface area contributed by atoms with E-state index >= 15 is 0 Å². The SMILES string of the molecule is COc1ccc([C@@H]2CN(C(=O)C(=O)O)C(C)[C@@]2(C)[C@@H](C)O)cc1OC1CCCC1. The number of ether oxygens (including phenoxy) is 2. The molecule has 4 atom stereocenters. The average molecular weight is 405 g/mol. The molecule has 3 rings (SSSR count). The molecule has 0 aromatic heterocycles. The van der Waals surface area contributed by atoms with Crippen molar-refractivity contribution in [2.75, 3.05) is 13.7 Å². The Kier molecular flexibility index (Phi) is 6.08. The number of likely N-dealkylation sites (tertiary alicyclic amines) is 1. The van der Waals surface area contributed by atoms with Crippen LogP contribution in [0.2, 0.25) is 0 Å². The number of hydrogen-bond acceptors (Lipinski definition) is 5. The van der Waals surface area contributed by atoms with E-state index in [1.54, 1.807) is 21.0 Å². The Morgan fingerprint density at radius 3 is 2.45 bits per heavy atom. The van der Waals surface area contributed by atoms with Gasteiger partial charge in [0.1, 0.15) is 0 Å². The number of nitrogens with zero attached hydrogens (tertiary/aromatic N) is 1. The summed E-state index contributed by atoms with van der Waals surface area (Å²) >= 11 is 0. The lowest BCUT2D eigenvalue weighted by molar-refractivity contribution is -0.157. The van der Waals surface area contributed by atoms with E-state index in [2.05, 4.69) is 0 Å². The van der Waals surface area contributed by atoms with Crippen molar-refractivity contribution >= 4 is 11.9 Å². The highest BCUT2D eigenvalue weighted by Gasteiger charge is 2.54. The number of carbonyl (C=O) groups is 2. The molecule has 1 aliphatic heterocycles. The number of benzene rings is 1. The Bertz CT molecular complexity index is 773. The van der Waals surface area contributed by atoms with Crippen LogP contribution >= 0.6 is 0 Å². The lowest BCUT2D eigenvalue weighted by Gasteiger charge is -2.38. The maximum atomic E-state index is 12.2. The molecular weight excluding hydrogens is 374 g/mol. The quantitative estimate of drug-likeness (QED) is 0.732. The number of amides is 1. The molecule has 1 heterocycles. The summed E-state index contributed by atoms with van der Waals surface area (Å²) in [6.45, 7) is 5.62. The van der Waals surface area contributed by atoms with Crippen molar-refractivity contribution in [1.29, 1.82) is 0 Å². The highest BCUT2D eigenvalue weighted by Crippen LogP contribution is 2.50. The zero-order chi connectivity index (χ0) is 21.3. The Morgan fingerprint density at radius 1 is 1.24 bits per heavy atom. The van der Waals surface area contributed by atoms with Crippen LogP contribution in [0.4, 0.5) is 0 Å². The summed E-state index contributed by atoms with van der Waals surface area (Å²) in [4.78, 5) is 24.9. The summed E-state index contributed by atoms with van der Waals surface area (Å²) in [5, 5.41) is 19.8. The van der Waals surface area contributed by atoms with Crippen molar-refractivity contribution in [3.05, 3.63) is 23.8 Å². The second-order valence-corrected chi connectivity index (χ2v) is 8.47. The molecule has 1 unspecified atom stereocenters. The Hall–Kier alpha value is -2.28. The van der Waals surface area contributed by atoms with Crippen LogP contribution in [0.1, 0.15) is 57.9 Å². The highest BCUT2D eigenvalue weighted by molar-refractivity contribution is 6.31. The lowest BCUT2D eigenvalue weighted by Crippen LogP contribution is -2.47. The van der Waals surface area contributed by atoms with Crippen molar-refractivity contribution in [1.82, 2.24) is 4.90 Å². The van der Waals surface area contributed by atoms with Crippen LogP contribution in [0.25, 0.3) is 0 Å². The first-order valence-electron chi connectivity index (χ1n) is 10.3. The maximum Gasteiger partial charge on any atom is 0.394 e. The number of rotatable bonds is 5. The minimum atomic E-state index is -1.48. The standard InChI is InChI=1S/C22H31NO6/c1-13-22(3,14(2)24)17(12-23(13)20(25)21(26)27)15-9-10-18(28-4)19(11-15)29-16-7-5-6-8-16/h9-11,13-14,16-17,24H,5-8,12H2,1-4H3,(H,26,27)/t13?,14-,17+,22+/m1/s1. The molecule has 7 heteroatoms. The predicted molar refractivity (Wildman–Crippen MR) is 107 cm³/mol. The van der Waals surface area contributed by atoms with E-state index in [1.165, 1.54) is 4.90 Å².